The summed E-state index contributed by atoms with van der Waals surface area (Å²) in [5.41, 5.74) is 1.53. The van der Waals surface area contributed by atoms with E-state index in [1.165, 1.54) is 12.1 Å². The molecule has 3 aromatic carbocycles. The van der Waals surface area contributed by atoms with E-state index in [0.29, 0.717) is 47.7 Å². The summed E-state index contributed by atoms with van der Waals surface area (Å²) in [7, 11) is 1.84. The van der Waals surface area contributed by atoms with Crippen LogP contribution in [0.4, 0.5) is 10.1 Å². The molecule has 5 aromatic rings. The number of rotatable bonds is 7. The number of anilines is 1. The van der Waals surface area contributed by atoms with Crippen molar-refractivity contribution in [3.63, 3.8) is 0 Å². The van der Waals surface area contributed by atoms with Gasteiger partial charge in [0.15, 0.2) is 18.2 Å². The van der Waals surface area contributed by atoms with Gasteiger partial charge in [-0.2, -0.15) is 9.78 Å². The van der Waals surface area contributed by atoms with Gasteiger partial charge in [0.05, 0.1) is 5.69 Å². The maximum absolute atomic E-state index is 13.2. The number of carbonyl (C=O) groups excluding carboxylic acids is 1. The Morgan fingerprint density at radius 1 is 0.947 bits per heavy atom. The van der Waals surface area contributed by atoms with E-state index in [1.807, 2.05) is 67.8 Å². The summed E-state index contributed by atoms with van der Waals surface area (Å²) in [6.07, 6.45) is 2.29. The number of carbonyl (C=O) groups is 1. The second-order valence-electron chi connectivity index (χ2n) is 8.74. The molecule has 1 aliphatic rings. The fourth-order valence-corrected chi connectivity index (χ4v) is 4.25. The van der Waals surface area contributed by atoms with E-state index >= 15 is 0 Å². The Morgan fingerprint density at radius 3 is 2.42 bits per heavy atom. The van der Waals surface area contributed by atoms with Gasteiger partial charge in [-0.25, -0.2) is 9.37 Å². The zero-order valence-corrected chi connectivity index (χ0v) is 20.5. The molecule has 0 saturated carbocycles. The highest BCUT2D eigenvalue weighted by Gasteiger charge is 2.26. The molecular weight excluding hydrogens is 487 g/mol. The van der Waals surface area contributed by atoms with Gasteiger partial charge in [-0.3, -0.25) is 9.48 Å². The zero-order chi connectivity index (χ0) is 26.1. The van der Waals surface area contributed by atoms with Crippen LogP contribution in [0.15, 0.2) is 85.1 Å². The lowest BCUT2D eigenvalue weighted by Crippen LogP contribution is -2.40. The Kier molecular flexibility index (Phi) is 6.04. The predicted molar refractivity (Wildman–Crippen MR) is 138 cm³/mol. The van der Waals surface area contributed by atoms with Crippen molar-refractivity contribution in [1.82, 2.24) is 24.5 Å². The molecule has 0 aliphatic carbocycles. The molecule has 3 heterocycles. The van der Waals surface area contributed by atoms with E-state index in [9.17, 15) is 9.18 Å². The van der Waals surface area contributed by atoms with Crippen molar-refractivity contribution in [1.29, 1.82) is 0 Å². The van der Waals surface area contributed by atoms with Gasteiger partial charge in [0.2, 0.25) is 0 Å². The molecule has 2 aromatic heterocycles. The van der Waals surface area contributed by atoms with Crippen molar-refractivity contribution in [3.05, 3.63) is 96.7 Å². The topological polar surface area (TPSA) is 87.3 Å². The summed E-state index contributed by atoms with van der Waals surface area (Å²) in [6.45, 7) is 0.413. The van der Waals surface area contributed by atoms with E-state index < -0.39 is 0 Å². The van der Waals surface area contributed by atoms with Crippen molar-refractivity contribution in [2.75, 3.05) is 18.1 Å². The van der Waals surface area contributed by atoms with Crippen LogP contribution in [0.3, 0.4) is 0 Å². The van der Waals surface area contributed by atoms with Crippen LogP contribution in [0.2, 0.25) is 0 Å². The highest BCUT2D eigenvalue weighted by Crippen LogP contribution is 2.32. The number of aryl methyl sites for hydroxylation is 1. The first-order chi connectivity index (χ1) is 18.5. The molecule has 0 saturated heterocycles. The third-order valence-electron chi connectivity index (χ3n) is 6.12. The van der Waals surface area contributed by atoms with Crippen LogP contribution in [-0.2, 0) is 18.3 Å². The Hall–Kier alpha value is -4.99. The summed E-state index contributed by atoms with van der Waals surface area (Å²) in [5, 5.41) is 9.22. The van der Waals surface area contributed by atoms with Crippen LogP contribution < -0.4 is 14.4 Å². The number of fused-ring (bicyclic) bond motifs is 1. The largest absolute Gasteiger partial charge is 0.482 e. The van der Waals surface area contributed by atoms with E-state index in [-0.39, 0.29) is 18.3 Å². The monoisotopic (exact) mass is 510 g/mol. The van der Waals surface area contributed by atoms with Crippen molar-refractivity contribution in [3.8, 4) is 34.5 Å². The fourth-order valence-electron chi connectivity index (χ4n) is 4.25. The minimum atomic E-state index is -0.319. The smallest absolute Gasteiger partial charge is 0.265 e. The Morgan fingerprint density at radius 2 is 1.68 bits per heavy atom. The van der Waals surface area contributed by atoms with Crippen LogP contribution in [0.1, 0.15) is 5.82 Å². The first-order valence-electron chi connectivity index (χ1n) is 12.1. The molecule has 0 radical (unpaired) electrons. The lowest BCUT2D eigenvalue weighted by Gasteiger charge is -2.29. The number of hydrogen-bond acceptors (Lipinski definition) is 6. The lowest BCUT2D eigenvalue weighted by atomic mass is 10.2. The number of aromatic nitrogens is 5. The normalized spacial score (nSPS) is 12.8. The minimum Gasteiger partial charge on any atom is -0.482 e. The van der Waals surface area contributed by atoms with Gasteiger partial charge in [0.1, 0.15) is 28.9 Å². The van der Waals surface area contributed by atoms with Gasteiger partial charge in [0, 0.05) is 37.8 Å². The first-order valence-corrected chi connectivity index (χ1v) is 12.1. The Balaban J connectivity index is 1.26. The molecule has 0 fully saturated rings. The summed E-state index contributed by atoms with van der Waals surface area (Å²) in [6, 6.07) is 22.5. The van der Waals surface area contributed by atoms with Crippen molar-refractivity contribution in [2.45, 2.75) is 6.42 Å². The van der Waals surface area contributed by atoms with Gasteiger partial charge in [0.25, 0.3) is 5.91 Å². The number of benzene rings is 3. The molecule has 38 heavy (non-hydrogen) atoms. The van der Waals surface area contributed by atoms with Crippen LogP contribution >= 0.6 is 0 Å². The fraction of sp³-hybridized carbons (Fsp3) is 0.143. The number of hydrogen-bond donors (Lipinski definition) is 0. The van der Waals surface area contributed by atoms with Gasteiger partial charge in [-0.1, -0.05) is 12.1 Å². The molecule has 0 bridgehead atoms. The van der Waals surface area contributed by atoms with Gasteiger partial charge >= 0.3 is 0 Å². The molecule has 9 nitrogen and oxygen atoms in total. The van der Waals surface area contributed by atoms with Gasteiger partial charge in [-0.05, 0) is 60.7 Å². The van der Waals surface area contributed by atoms with E-state index in [1.54, 1.807) is 26.4 Å². The summed E-state index contributed by atoms with van der Waals surface area (Å²) in [4.78, 5) is 19.2. The number of nitrogens with zero attached hydrogens (tertiary/aromatic N) is 6. The maximum Gasteiger partial charge on any atom is 0.265 e. The molecule has 0 N–H and O–H groups in total. The first kappa shape index (κ1) is 23.4. The van der Waals surface area contributed by atoms with Gasteiger partial charge in [-0.15, -0.1) is 5.10 Å². The molecule has 0 atom stereocenters. The third kappa shape index (κ3) is 4.71. The number of ether oxygens (including phenoxy) is 2. The molecule has 6 rings (SSSR count). The SMILES string of the molecule is Cn1ccc(-n2nc(-c3ccc(Oc4ccc(F)cc4)cc3)nc2CCN2C(=O)COc3ccccc32)n1. The highest BCUT2D eigenvalue weighted by atomic mass is 19.1. The van der Waals surface area contributed by atoms with Crippen LogP contribution in [0, 0.1) is 5.82 Å². The van der Waals surface area contributed by atoms with Crippen LogP contribution in [0.5, 0.6) is 17.2 Å². The van der Waals surface area contributed by atoms with Crippen LogP contribution in [-0.4, -0.2) is 43.6 Å². The van der Waals surface area contributed by atoms with E-state index in [2.05, 4.69) is 5.10 Å². The summed E-state index contributed by atoms with van der Waals surface area (Å²) < 4.78 is 27.9. The molecule has 0 spiro atoms. The molecule has 1 aliphatic heterocycles. The number of para-hydroxylation sites is 2. The van der Waals surface area contributed by atoms with Gasteiger partial charge < -0.3 is 14.4 Å². The Bertz CT molecular complexity index is 1590. The molecule has 10 heteroatoms. The molecular formula is C28H23FN6O3. The quantitative estimate of drug-likeness (QED) is 0.319. The second kappa shape index (κ2) is 9.81. The summed E-state index contributed by atoms with van der Waals surface area (Å²) in [5.74, 6) is 3.22. The number of halogens is 1. The van der Waals surface area contributed by atoms with Crippen molar-refractivity contribution < 1.29 is 18.7 Å². The average Bonchev–Trinajstić information content (AvgIpc) is 3.56. The van der Waals surface area contributed by atoms with Crippen molar-refractivity contribution >= 4 is 11.6 Å². The standard InChI is InChI=1S/C28H23FN6O3/c1-33-16-14-26(31-33)35-25(15-17-34-23-4-2-3-5-24(23)37-18-27(34)36)30-28(32-35)19-6-10-21(11-7-19)38-22-12-8-20(29)9-13-22/h2-14,16H,15,17-18H2,1H3. The van der Waals surface area contributed by atoms with Crippen molar-refractivity contribution in [2.24, 2.45) is 7.05 Å². The summed E-state index contributed by atoms with van der Waals surface area (Å²) >= 11 is 0. The predicted octanol–water partition coefficient (Wildman–Crippen LogP) is 4.57. The van der Waals surface area contributed by atoms with Crippen LogP contribution in [0.25, 0.3) is 17.2 Å². The average molecular weight is 511 g/mol. The third-order valence-corrected chi connectivity index (χ3v) is 6.12. The molecule has 0 unspecified atom stereocenters. The molecule has 1 amide bonds. The van der Waals surface area contributed by atoms with E-state index in [4.69, 9.17) is 19.6 Å². The zero-order valence-electron chi connectivity index (χ0n) is 20.5. The van der Waals surface area contributed by atoms with E-state index in [0.717, 1.165) is 11.3 Å². The molecule has 190 valence electrons. The second-order valence-corrected chi connectivity index (χ2v) is 8.74. The number of amides is 1. The minimum absolute atomic E-state index is 0.00152. The maximum atomic E-state index is 13.2. The Labute approximate surface area is 217 Å². The highest BCUT2D eigenvalue weighted by molar-refractivity contribution is 5.97. The lowest BCUT2D eigenvalue weighted by molar-refractivity contribution is -0.121.